The van der Waals surface area contributed by atoms with Gasteiger partial charge in [-0.05, 0) is 26.0 Å². The van der Waals surface area contributed by atoms with Crippen molar-refractivity contribution in [1.82, 2.24) is 9.88 Å². The van der Waals surface area contributed by atoms with Crippen molar-refractivity contribution in [3.63, 3.8) is 0 Å². The molecule has 0 aliphatic rings. The zero-order valence-corrected chi connectivity index (χ0v) is 15.4. The van der Waals surface area contributed by atoms with Crippen LogP contribution in [0.3, 0.4) is 0 Å². The molecule has 24 heavy (non-hydrogen) atoms. The van der Waals surface area contributed by atoms with Gasteiger partial charge in [-0.25, -0.2) is 4.98 Å². The van der Waals surface area contributed by atoms with E-state index >= 15 is 0 Å². The number of rotatable bonds is 8. The molecule has 0 saturated heterocycles. The standard InChI is InChI=1S/C18H24N2O3S/c1-5-18(21)20(13(2)3)10-14-12-24-17(19-14)11-23-16-9-7-6-8-15(16)22-4/h6-9,12-13H,5,10-11H2,1-4H3. The fraction of sp³-hybridized carbons (Fsp3) is 0.444. The quantitative estimate of drug-likeness (QED) is 0.726. The lowest BCUT2D eigenvalue weighted by atomic mass is 10.2. The lowest BCUT2D eigenvalue weighted by Crippen LogP contribution is -2.35. The summed E-state index contributed by atoms with van der Waals surface area (Å²) in [5.41, 5.74) is 0.897. The Hall–Kier alpha value is -2.08. The van der Waals surface area contributed by atoms with Crippen molar-refractivity contribution in [3.8, 4) is 11.5 Å². The molecule has 0 bridgehead atoms. The van der Waals surface area contributed by atoms with Crippen LogP contribution in [-0.4, -0.2) is 28.9 Å². The summed E-state index contributed by atoms with van der Waals surface area (Å²) in [5, 5.41) is 2.86. The molecule has 0 unspecified atom stereocenters. The molecule has 0 N–H and O–H groups in total. The van der Waals surface area contributed by atoms with Crippen LogP contribution < -0.4 is 9.47 Å². The van der Waals surface area contributed by atoms with E-state index in [0.29, 0.717) is 31.1 Å². The van der Waals surface area contributed by atoms with Crippen LogP contribution in [0, 0.1) is 0 Å². The molecule has 0 aliphatic carbocycles. The summed E-state index contributed by atoms with van der Waals surface area (Å²) in [6.07, 6.45) is 0.506. The molecular formula is C18H24N2O3S. The number of nitrogens with zero attached hydrogens (tertiary/aromatic N) is 2. The van der Waals surface area contributed by atoms with Crippen LogP contribution in [0.5, 0.6) is 11.5 Å². The number of hydrogen-bond acceptors (Lipinski definition) is 5. The zero-order chi connectivity index (χ0) is 17.5. The summed E-state index contributed by atoms with van der Waals surface area (Å²) in [6.45, 7) is 6.84. The number of benzene rings is 1. The minimum atomic E-state index is 0.143. The fourth-order valence-corrected chi connectivity index (χ4v) is 3.00. The molecule has 1 heterocycles. The number of methoxy groups -OCH3 is 1. The van der Waals surface area contributed by atoms with Gasteiger partial charge in [0.1, 0.15) is 11.6 Å². The van der Waals surface area contributed by atoms with Crippen molar-refractivity contribution in [1.29, 1.82) is 0 Å². The van der Waals surface area contributed by atoms with Crippen LogP contribution in [0.4, 0.5) is 0 Å². The van der Waals surface area contributed by atoms with Gasteiger partial charge in [0.15, 0.2) is 11.5 Å². The van der Waals surface area contributed by atoms with Crippen LogP contribution >= 0.6 is 11.3 Å². The summed E-state index contributed by atoms with van der Waals surface area (Å²) in [5.74, 6) is 1.54. The molecular weight excluding hydrogens is 324 g/mol. The third-order valence-corrected chi connectivity index (χ3v) is 4.47. The number of ether oxygens (including phenoxy) is 2. The van der Waals surface area contributed by atoms with Gasteiger partial charge < -0.3 is 14.4 Å². The van der Waals surface area contributed by atoms with E-state index in [9.17, 15) is 4.79 Å². The van der Waals surface area contributed by atoms with Gasteiger partial charge in [-0.3, -0.25) is 4.79 Å². The van der Waals surface area contributed by atoms with Gasteiger partial charge in [0.2, 0.25) is 5.91 Å². The van der Waals surface area contributed by atoms with Crippen LogP contribution in [0.1, 0.15) is 37.9 Å². The molecule has 0 fully saturated rings. The molecule has 2 rings (SSSR count). The van der Waals surface area contributed by atoms with E-state index < -0.39 is 0 Å². The minimum absolute atomic E-state index is 0.143. The van der Waals surface area contributed by atoms with Gasteiger partial charge in [0.25, 0.3) is 0 Å². The molecule has 5 nitrogen and oxygen atoms in total. The first kappa shape index (κ1) is 18.3. The number of hydrogen-bond donors (Lipinski definition) is 0. The first-order valence-corrected chi connectivity index (χ1v) is 8.91. The number of carbonyl (C=O) groups is 1. The van der Waals surface area contributed by atoms with E-state index in [2.05, 4.69) is 4.98 Å². The predicted octanol–water partition coefficient (Wildman–Crippen LogP) is 3.88. The summed E-state index contributed by atoms with van der Waals surface area (Å²) in [4.78, 5) is 18.4. The lowest BCUT2D eigenvalue weighted by molar-refractivity contribution is -0.133. The minimum Gasteiger partial charge on any atom is -0.493 e. The van der Waals surface area contributed by atoms with E-state index in [0.717, 1.165) is 10.7 Å². The molecule has 0 spiro atoms. The fourth-order valence-electron chi connectivity index (χ4n) is 2.30. The Kier molecular flexibility index (Phi) is 6.61. The average molecular weight is 348 g/mol. The SMILES string of the molecule is CCC(=O)N(Cc1csc(COc2ccccc2OC)n1)C(C)C. The highest BCUT2D eigenvalue weighted by Gasteiger charge is 2.17. The molecule has 0 atom stereocenters. The third kappa shape index (κ3) is 4.71. The second-order valence-electron chi connectivity index (χ2n) is 5.64. The Morgan fingerprint density at radius 2 is 2.00 bits per heavy atom. The summed E-state index contributed by atoms with van der Waals surface area (Å²) in [6, 6.07) is 7.70. The first-order valence-electron chi connectivity index (χ1n) is 8.03. The number of aromatic nitrogens is 1. The van der Waals surface area contributed by atoms with Gasteiger partial charge in [0, 0.05) is 17.8 Å². The smallest absolute Gasteiger partial charge is 0.222 e. The number of para-hydroxylation sites is 2. The van der Waals surface area contributed by atoms with Crippen molar-refractivity contribution >= 4 is 17.2 Å². The molecule has 1 aromatic heterocycles. The number of amides is 1. The van der Waals surface area contributed by atoms with Gasteiger partial charge >= 0.3 is 0 Å². The van der Waals surface area contributed by atoms with Crippen molar-refractivity contribution in [2.45, 2.75) is 46.4 Å². The maximum absolute atomic E-state index is 12.0. The molecule has 0 saturated carbocycles. The second kappa shape index (κ2) is 8.68. The first-order chi connectivity index (χ1) is 11.5. The highest BCUT2D eigenvalue weighted by molar-refractivity contribution is 7.09. The summed E-state index contributed by atoms with van der Waals surface area (Å²) < 4.78 is 11.1. The Morgan fingerprint density at radius 1 is 1.29 bits per heavy atom. The van der Waals surface area contributed by atoms with E-state index in [4.69, 9.17) is 9.47 Å². The molecule has 130 valence electrons. The van der Waals surface area contributed by atoms with Gasteiger partial charge in [-0.1, -0.05) is 19.1 Å². The van der Waals surface area contributed by atoms with Crippen molar-refractivity contribution in [2.75, 3.05) is 7.11 Å². The van der Waals surface area contributed by atoms with Gasteiger partial charge in [0.05, 0.1) is 19.3 Å². The normalized spacial score (nSPS) is 10.7. The van der Waals surface area contributed by atoms with Crippen LogP contribution in [0.2, 0.25) is 0 Å². The van der Waals surface area contributed by atoms with E-state index in [1.807, 2.05) is 55.3 Å². The second-order valence-corrected chi connectivity index (χ2v) is 6.58. The van der Waals surface area contributed by atoms with Crippen LogP contribution in [0.25, 0.3) is 0 Å². The van der Waals surface area contributed by atoms with E-state index in [-0.39, 0.29) is 11.9 Å². The molecule has 6 heteroatoms. The molecule has 2 aromatic rings. The summed E-state index contributed by atoms with van der Waals surface area (Å²) >= 11 is 1.54. The van der Waals surface area contributed by atoms with Crippen molar-refractivity contribution in [3.05, 3.63) is 40.3 Å². The topological polar surface area (TPSA) is 51.7 Å². The van der Waals surface area contributed by atoms with E-state index in [1.165, 1.54) is 0 Å². The molecule has 0 radical (unpaired) electrons. The molecule has 1 amide bonds. The Bertz CT molecular complexity index is 670. The monoisotopic (exact) mass is 348 g/mol. The van der Waals surface area contributed by atoms with Crippen molar-refractivity contribution < 1.29 is 14.3 Å². The van der Waals surface area contributed by atoms with E-state index in [1.54, 1.807) is 18.4 Å². The predicted molar refractivity (Wildman–Crippen MR) is 95.4 cm³/mol. The maximum atomic E-state index is 12.0. The van der Waals surface area contributed by atoms with Gasteiger partial charge in [-0.15, -0.1) is 11.3 Å². The van der Waals surface area contributed by atoms with Gasteiger partial charge in [-0.2, -0.15) is 0 Å². The molecule has 0 aliphatic heterocycles. The zero-order valence-electron chi connectivity index (χ0n) is 14.6. The third-order valence-electron chi connectivity index (χ3n) is 3.60. The van der Waals surface area contributed by atoms with Crippen LogP contribution in [-0.2, 0) is 17.9 Å². The highest BCUT2D eigenvalue weighted by atomic mass is 32.1. The Labute approximate surface area is 147 Å². The summed E-state index contributed by atoms with van der Waals surface area (Å²) in [7, 11) is 1.62. The maximum Gasteiger partial charge on any atom is 0.222 e. The largest absolute Gasteiger partial charge is 0.493 e. The highest BCUT2D eigenvalue weighted by Crippen LogP contribution is 2.27. The Balaban J connectivity index is 1.99. The Morgan fingerprint density at radius 3 is 2.62 bits per heavy atom. The molecule has 1 aromatic carbocycles. The number of carbonyl (C=O) groups excluding carboxylic acids is 1. The van der Waals surface area contributed by atoms with Crippen molar-refractivity contribution in [2.24, 2.45) is 0 Å². The average Bonchev–Trinajstić information content (AvgIpc) is 3.04. The van der Waals surface area contributed by atoms with Crippen LogP contribution in [0.15, 0.2) is 29.6 Å². The number of thiazole rings is 1. The lowest BCUT2D eigenvalue weighted by Gasteiger charge is -2.25.